The van der Waals surface area contributed by atoms with Crippen molar-refractivity contribution in [3.63, 3.8) is 0 Å². The van der Waals surface area contributed by atoms with Gasteiger partial charge in [0, 0.05) is 17.9 Å². The lowest BCUT2D eigenvalue weighted by molar-refractivity contribution is 1.07. The fraction of sp³-hybridized carbons (Fsp3) is 0.278. The molecule has 0 amide bonds. The Hall–Kier alpha value is -2.51. The summed E-state index contributed by atoms with van der Waals surface area (Å²) in [6, 6.07) is 11.1. The van der Waals surface area contributed by atoms with E-state index in [2.05, 4.69) is 4.85 Å². The Balaban J connectivity index is 0. The molecule has 0 saturated carbocycles. The highest BCUT2D eigenvalue weighted by Crippen LogP contribution is 2.18. The Morgan fingerprint density at radius 2 is 1.41 bits per heavy atom. The van der Waals surface area contributed by atoms with Crippen molar-refractivity contribution in [2.45, 2.75) is 35.2 Å². The lowest BCUT2D eigenvalue weighted by Crippen LogP contribution is -1.97. The summed E-state index contributed by atoms with van der Waals surface area (Å²) in [5.74, 6) is 0. The summed E-state index contributed by atoms with van der Waals surface area (Å²) in [7, 11) is 0. The van der Waals surface area contributed by atoms with Crippen LogP contribution in [0.1, 0.15) is 31.5 Å². The van der Waals surface area contributed by atoms with Gasteiger partial charge in [-0.2, -0.15) is 0 Å². The molecule has 0 bridgehead atoms. The zero-order valence-corrected chi connectivity index (χ0v) is 11.9. The minimum Gasteiger partial charge on any atom is -0.399 e. The molecule has 0 radical (unpaired) electrons. The van der Waals surface area contributed by atoms with E-state index in [1.165, 1.54) is 0 Å². The van der Waals surface area contributed by atoms with Gasteiger partial charge in [0.15, 0.2) is 5.69 Å². The zero-order chi connectivity index (χ0) is 15.1. The molecule has 0 atom stereocenters. The van der Waals surface area contributed by atoms with Crippen LogP contribution in [0.25, 0.3) is 4.85 Å². The molecule has 0 heterocycles. The molecule has 0 aliphatic carbocycles. The van der Waals surface area contributed by atoms with E-state index in [1.54, 1.807) is 18.2 Å². The summed E-state index contributed by atoms with van der Waals surface area (Å²) in [6.45, 7) is 11.2. The molecule has 4 nitrogen and oxygen atoms in total. The van der Waals surface area contributed by atoms with Gasteiger partial charge in [0.25, 0.3) is 0 Å². The van der Waals surface area contributed by atoms with Gasteiger partial charge >= 0.3 is 0 Å². The van der Waals surface area contributed by atoms with E-state index in [0.717, 1.165) is 28.1 Å². The first-order valence-corrected chi connectivity index (χ1v) is 6.26. The van der Waals surface area contributed by atoms with Crippen molar-refractivity contribution in [2.75, 3.05) is 11.5 Å². The van der Waals surface area contributed by atoms with E-state index in [-0.39, 0.29) is 14.9 Å². The van der Waals surface area contributed by atoms with Crippen LogP contribution in [0, 0.1) is 20.4 Å². The summed E-state index contributed by atoms with van der Waals surface area (Å²) in [4.78, 5) is 3.27. The molecule has 0 aliphatic heterocycles. The van der Waals surface area contributed by atoms with Gasteiger partial charge in [-0.15, -0.1) is 0 Å². The average molecular weight is 300 g/mol. The lowest BCUT2D eigenvalue weighted by Gasteiger charge is -2.01. The van der Waals surface area contributed by atoms with Crippen molar-refractivity contribution in [2.24, 2.45) is 5.73 Å². The topological polar surface area (TPSA) is 82.4 Å². The van der Waals surface area contributed by atoms with Crippen LogP contribution in [-0.2, 0) is 6.54 Å². The predicted octanol–water partition coefficient (Wildman–Crippen LogP) is 4.44. The van der Waals surface area contributed by atoms with Gasteiger partial charge in [0.2, 0.25) is 0 Å². The largest absolute Gasteiger partial charge is 0.399 e. The Labute approximate surface area is 134 Å². The highest BCUT2D eigenvalue weighted by molar-refractivity contribution is 5.57. The van der Waals surface area contributed by atoms with E-state index < -0.39 is 0 Å². The number of hydrogen-bond donors (Lipinski definition) is 3. The molecule has 2 aromatic rings. The molecule has 0 spiro atoms. The van der Waals surface area contributed by atoms with Gasteiger partial charge in [-0.1, -0.05) is 39.1 Å². The SMILES string of the molecule is C.C.Cc1cc(CN)ccc1N.[C-]#[N+]c1ccc(N)c(C)c1. The van der Waals surface area contributed by atoms with Crippen molar-refractivity contribution in [1.29, 1.82) is 0 Å². The predicted molar refractivity (Wildman–Crippen MR) is 98.8 cm³/mol. The van der Waals surface area contributed by atoms with Crippen molar-refractivity contribution in [3.8, 4) is 0 Å². The Kier molecular flexibility index (Phi) is 10.1. The fourth-order valence-corrected chi connectivity index (χ4v) is 1.59. The molecule has 120 valence electrons. The van der Waals surface area contributed by atoms with Crippen LogP contribution in [0.3, 0.4) is 0 Å². The number of rotatable bonds is 1. The Morgan fingerprint density at radius 1 is 0.909 bits per heavy atom. The number of hydrogen-bond acceptors (Lipinski definition) is 3. The first-order chi connectivity index (χ1) is 9.47. The Morgan fingerprint density at radius 3 is 1.82 bits per heavy atom. The van der Waals surface area contributed by atoms with E-state index in [9.17, 15) is 0 Å². The normalized spacial score (nSPS) is 8.45. The fourth-order valence-electron chi connectivity index (χ4n) is 1.59. The highest BCUT2D eigenvalue weighted by atomic mass is 14.6. The van der Waals surface area contributed by atoms with Gasteiger partial charge < -0.3 is 17.2 Å². The van der Waals surface area contributed by atoms with Crippen LogP contribution in [0.2, 0.25) is 0 Å². The zero-order valence-electron chi connectivity index (χ0n) is 11.9. The summed E-state index contributed by atoms with van der Waals surface area (Å²) >= 11 is 0. The monoisotopic (exact) mass is 300 g/mol. The summed E-state index contributed by atoms with van der Waals surface area (Å²) in [5.41, 5.74) is 22.0. The molecule has 0 saturated heterocycles. The minimum absolute atomic E-state index is 0. The van der Waals surface area contributed by atoms with Gasteiger partial charge in [0.05, 0.1) is 6.57 Å². The average Bonchev–Trinajstić information content (AvgIpc) is 2.45. The molecular weight excluding hydrogens is 272 g/mol. The molecule has 0 fully saturated rings. The van der Waals surface area contributed by atoms with Crippen molar-refractivity contribution < 1.29 is 0 Å². The van der Waals surface area contributed by atoms with E-state index in [1.807, 2.05) is 32.0 Å². The number of nitrogens with two attached hydrogens (primary N) is 3. The first kappa shape index (κ1) is 21.8. The van der Waals surface area contributed by atoms with Gasteiger partial charge in [-0.3, -0.25) is 0 Å². The molecule has 4 heteroatoms. The van der Waals surface area contributed by atoms with Gasteiger partial charge in [-0.25, -0.2) is 4.85 Å². The molecular formula is C18H28N4. The van der Waals surface area contributed by atoms with Crippen LogP contribution in [0.5, 0.6) is 0 Å². The standard InChI is InChI=1S/C8H8N2.C8H12N2.2CH4/c1-6-5-7(10-2)3-4-8(6)9;1-6-4-7(5-9)2-3-8(6)10;;/h3-5H,9H2,1H3;2-4H,5,9-10H2,1H3;2*1H4. The van der Waals surface area contributed by atoms with Crippen LogP contribution < -0.4 is 17.2 Å². The van der Waals surface area contributed by atoms with Crippen LogP contribution >= 0.6 is 0 Å². The first-order valence-electron chi connectivity index (χ1n) is 6.26. The van der Waals surface area contributed by atoms with Crippen LogP contribution in [0.4, 0.5) is 17.1 Å². The maximum Gasteiger partial charge on any atom is 0.187 e. The lowest BCUT2D eigenvalue weighted by atomic mass is 10.1. The van der Waals surface area contributed by atoms with E-state index in [0.29, 0.717) is 12.2 Å². The molecule has 22 heavy (non-hydrogen) atoms. The number of nitrogen functional groups attached to an aromatic ring is 2. The summed E-state index contributed by atoms with van der Waals surface area (Å²) < 4.78 is 0. The molecule has 0 unspecified atom stereocenters. The second-order valence-electron chi connectivity index (χ2n) is 4.55. The van der Waals surface area contributed by atoms with Crippen molar-refractivity contribution in [3.05, 3.63) is 64.5 Å². The number of nitrogens with zero attached hydrogens (tertiary/aromatic N) is 1. The second kappa shape index (κ2) is 10.3. The van der Waals surface area contributed by atoms with Crippen LogP contribution in [0.15, 0.2) is 36.4 Å². The maximum absolute atomic E-state index is 6.70. The van der Waals surface area contributed by atoms with Gasteiger partial charge in [-0.05, 0) is 42.7 Å². The third-order valence-corrected chi connectivity index (χ3v) is 2.95. The summed E-state index contributed by atoms with van der Waals surface area (Å²) in [5, 5.41) is 0. The second-order valence-corrected chi connectivity index (χ2v) is 4.55. The van der Waals surface area contributed by atoms with Crippen LogP contribution in [-0.4, -0.2) is 0 Å². The third kappa shape index (κ3) is 6.29. The number of aryl methyl sites for hydroxylation is 2. The summed E-state index contributed by atoms with van der Waals surface area (Å²) in [6.07, 6.45) is 0. The molecule has 0 aromatic heterocycles. The molecule has 0 aliphatic rings. The van der Waals surface area contributed by atoms with E-state index >= 15 is 0 Å². The van der Waals surface area contributed by atoms with Gasteiger partial charge in [0.1, 0.15) is 0 Å². The third-order valence-electron chi connectivity index (χ3n) is 2.95. The minimum atomic E-state index is 0. The number of benzene rings is 2. The van der Waals surface area contributed by atoms with E-state index in [4.69, 9.17) is 23.8 Å². The smallest absolute Gasteiger partial charge is 0.187 e. The maximum atomic E-state index is 6.70. The van der Waals surface area contributed by atoms with Crippen molar-refractivity contribution >= 4 is 17.1 Å². The number of anilines is 2. The Bertz CT molecular complexity index is 627. The van der Waals surface area contributed by atoms with Crippen molar-refractivity contribution in [1.82, 2.24) is 0 Å². The quantitative estimate of drug-likeness (QED) is 0.538. The highest BCUT2D eigenvalue weighted by Gasteiger charge is 1.93. The molecule has 2 aromatic carbocycles. The molecule has 2 rings (SSSR count). The molecule has 6 N–H and O–H groups in total.